The van der Waals surface area contributed by atoms with Crippen molar-refractivity contribution in [2.45, 2.75) is 6.92 Å². The van der Waals surface area contributed by atoms with Crippen LogP contribution in [0.25, 0.3) is 11.3 Å². The Kier molecular flexibility index (Phi) is 2.56. The molecule has 0 aliphatic heterocycles. The normalized spacial score (nSPS) is 10.3. The number of nitrogens with zero attached hydrogens (tertiary/aromatic N) is 1. The molecule has 4 heteroatoms. The van der Waals surface area contributed by atoms with E-state index in [1.54, 1.807) is 6.07 Å². The molecular weight excluding hydrogens is 212 g/mol. The number of aromatic nitrogens is 2. The van der Waals surface area contributed by atoms with E-state index >= 15 is 0 Å². The van der Waals surface area contributed by atoms with Crippen molar-refractivity contribution in [2.24, 2.45) is 0 Å². The molecule has 15 heavy (non-hydrogen) atoms. The first-order chi connectivity index (χ1) is 7.16. The zero-order chi connectivity index (χ0) is 10.8. The van der Waals surface area contributed by atoms with Crippen LogP contribution in [0.2, 0.25) is 5.02 Å². The van der Waals surface area contributed by atoms with E-state index in [0.717, 1.165) is 5.56 Å². The van der Waals surface area contributed by atoms with Crippen LogP contribution in [0.15, 0.2) is 35.1 Å². The average molecular weight is 221 g/mol. The molecule has 1 aromatic heterocycles. The standard InChI is InChI=1S/C11H9ClN2O/c1-7-2-4-8(5-3-7)10-6-9(12)11(15)14-13-10/h2-6H,1H3,(H,14,15). The summed E-state index contributed by atoms with van der Waals surface area (Å²) in [7, 11) is 0. The number of rotatable bonds is 1. The van der Waals surface area contributed by atoms with Crippen LogP contribution in [0.4, 0.5) is 0 Å². The van der Waals surface area contributed by atoms with Gasteiger partial charge in [0.15, 0.2) is 0 Å². The lowest BCUT2D eigenvalue weighted by molar-refractivity contribution is 0.995. The quantitative estimate of drug-likeness (QED) is 0.802. The van der Waals surface area contributed by atoms with E-state index in [2.05, 4.69) is 10.2 Å². The smallest absolute Gasteiger partial charge is 0.266 e. The SMILES string of the molecule is Cc1ccc(-c2cc(Cl)c(=O)[nH]n2)cc1. The minimum absolute atomic E-state index is 0.153. The van der Waals surface area contributed by atoms with E-state index in [0.29, 0.717) is 5.69 Å². The predicted octanol–water partition coefficient (Wildman–Crippen LogP) is 2.40. The van der Waals surface area contributed by atoms with Gasteiger partial charge in [-0.3, -0.25) is 4.79 Å². The van der Waals surface area contributed by atoms with Crippen molar-refractivity contribution in [3.8, 4) is 11.3 Å². The average Bonchev–Trinajstić information content (AvgIpc) is 2.23. The highest BCUT2D eigenvalue weighted by Gasteiger charge is 2.02. The first kappa shape index (κ1) is 9.93. The molecule has 0 radical (unpaired) electrons. The molecule has 2 aromatic rings. The molecule has 76 valence electrons. The molecule has 0 spiro atoms. The van der Waals surface area contributed by atoms with Gasteiger partial charge in [-0.1, -0.05) is 41.4 Å². The van der Waals surface area contributed by atoms with Crippen LogP contribution in [0.1, 0.15) is 5.56 Å². The van der Waals surface area contributed by atoms with Crippen LogP contribution >= 0.6 is 11.6 Å². The van der Waals surface area contributed by atoms with Gasteiger partial charge in [-0.15, -0.1) is 0 Å². The zero-order valence-corrected chi connectivity index (χ0v) is 8.88. The molecule has 0 saturated carbocycles. The Morgan fingerprint density at radius 3 is 2.53 bits per heavy atom. The lowest BCUT2D eigenvalue weighted by Crippen LogP contribution is -2.08. The summed E-state index contributed by atoms with van der Waals surface area (Å²) in [4.78, 5) is 11.0. The Bertz CT molecular complexity index is 531. The van der Waals surface area contributed by atoms with E-state index in [1.807, 2.05) is 31.2 Å². The maximum atomic E-state index is 11.0. The molecule has 0 aliphatic rings. The highest BCUT2D eigenvalue weighted by atomic mass is 35.5. The summed E-state index contributed by atoms with van der Waals surface area (Å²) in [6, 6.07) is 9.40. The first-order valence-electron chi connectivity index (χ1n) is 4.49. The monoisotopic (exact) mass is 220 g/mol. The molecule has 0 saturated heterocycles. The second-order valence-corrected chi connectivity index (χ2v) is 3.70. The maximum Gasteiger partial charge on any atom is 0.282 e. The topological polar surface area (TPSA) is 45.8 Å². The fourth-order valence-corrected chi connectivity index (χ4v) is 1.40. The Balaban J connectivity index is 2.50. The predicted molar refractivity (Wildman–Crippen MR) is 60.0 cm³/mol. The summed E-state index contributed by atoms with van der Waals surface area (Å²) in [6.07, 6.45) is 0. The molecule has 1 aromatic carbocycles. The third-order valence-corrected chi connectivity index (χ3v) is 2.39. The van der Waals surface area contributed by atoms with E-state index in [4.69, 9.17) is 11.6 Å². The van der Waals surface area contributed by atoms with Gasteiger partial charge in [-0.25, -0.2) is 5.10 Å². The van der Waals surface area contributed by atoms with E-state index in [1.165, 1.54) is 5.56 Å². The van der Waals surface area contributed by atoms with Gasteiger partial charge in [-0.2, -0.15) is 5.10 Å². The Labute approximate surface area is 91.7 Å². The number of benzene rings is 1. The lowest BCUT2D eigenvalue weighted by atomic mass is 10.1. The fourth-order valence-electron chi connectivity index (χ4n) is 1.25. The van der Waals surface area contributed by atoms with Crippen LogP contribution in [-0.2, 0) is 0 Å². The van der Waals surface area contributed by atoms with Crippen molar-refractivity contribution in [2.75, 3.05) is 0 Å². The third-order valence-electron chi connectivity index (χ3n) is 2.11. The van der Waals surface area contributed by atoms with Gasteiger partial charge in [0, 0.05) is 5.56 Å². The fraction of sp³-hybridized carbons (Fsp3) is 0.0909. The van der Waals surface area contributed by atoms with E-state index in [9.17, 15) is 4.79 Å². The largest absolute Gasteiger partial charge is 0.282 e. The molecule has 2 rings (SSSR count). The summed E-state index contributed by atoms with van der Waals surface area (Å²) >= 11 is 5.71. The third kappa shape index (κ3) is 2.07. The minimum Gasteiger partial charge on any atom is -0.266 e. The molecule has 0 aliphatic carbocycles. The van der Waals surface area contributed by atoms with Crippen LogP contribution in [0.3, 0.4) is 0 Å². The van der Waals surface area contributed by atoms with Crippen molar-refractivity contribution in [3.63, 3.8) is 0 Å². The molecule has 1 N–H and O–H groups in total. The number of H-pyrrole nitrogens is 1. The van der Waals surface area contributed by atoms with Gasteiger partial charge >= 0.3 is 0 Å². The van der Waals surface area contributed by atoms with Crippen molar-refractivity contribution in [3.05, 3.63) is 51.3 Å². The van der Waals surface area contributed by atoms with Crippen LogP contribution in [-0.4, -0.2) is 10.2 Å². The second kappa shape index (κ2) is 3.87. The summed E-state index contributed by atoms with van der Waals surface area (Å²) in [6.45, 7) is 2.01. The molecule has 0 atom stereocenters. The van der Waals surface area contributed by atoms with Gasteiger partial charge in [0.25, 0.3) is 5.56 Å². The highest BCUT2D eigenvalue weighted by molar-refractivity contribution is 6.30. The number of hydrogen-bond acceptors (Lipinski definition) is 2. The number of hydrogen-bond donors (Lipinski definition) is 1. The summed E-state index contributed by atoms with van der Waals surface area (Å²) in [5, 5.41) is 6.41. The Morgan fingerprint density at radius 2 is 1.93 bits per heavy atom. The number of aryl methyl sites for hydroxylation is 1. The number of halogens is 1. The highest BCUT2D eigenvalue weighted by Crippen LogP contribution is 2.17. The van der Waals surface area contributed by atoms with Crippen LogP contribution in [0, 0.1) is 6.92 Å². The van der Waals surface area contributed by atoms with Crippen LogP contribution < -0.4 is 5.56 Å². The number of nitrogens with one attached hydrogen (secondary N) is 1. The van der Waals surface area contributed by atoms with Crippen LogP contribution in [0.5, 0.6) is 0 Å². The molecule has 3 nitrogen and oxygen atoms in total. The lowest BCUT2D eigenvalue weighted by Gasteiger charge is -2.00. The molecule has 0 fully saturated rings. The zero-order valence-electron chi connectivity index (χ0n) is 8.12. The van der Waals surface area contributed by atoms with Gasteiger partial charge < -0.3 is 0 Å². The van der Waals surface area contributed by atoms with Gasteiger partial charge in [0.05, 0.1) is 5.69 Å². The first-order valence-corrected chi connectivity index (χ1v) is 4.87. The summed E-state index contributed by atoms with van der Waals surface area (Å²) in [5.41, 5.74) is 2.40. The Morgan fingerprint density at radius 1 is 1.27 bits per heavy atom. The van der Waals surface area contributed by atoms with Gasteiger partial charge in [0.1, 0.15) is 5.02 Å². The second-order valence-electron chi connectivity index (χ2n) is 3.30. The van der Waals surface area contributed by atoms with Gasteiger partial charge in [0.2, 0.25) is 0 Å². The minimum atomic E-state index is -0.368. The molecule has 1 heterocycles. The Hall–Kier alpha value is -1.61. The molecule has 0 amide bonds. The molecular formula is C11H9ClN2O. The summed E-state index contributed by atoms with van der Waals surface area (Å²) in [5.74, 6) is 0. The van der Waals surface area contributed by atoms with Crippen molar-refractivity contribution in [1.29, 1.82) is 0 Å². The number of aromatic amines is 1. The van der Waals surface area contributed by atoms with Gasteiger partial charge in [-0.05, 0) is 13.0 Å². The van der Waals surface area contributed by atoms with E-state index in [-0.39, 0.29) is 10.6 Å². The van der Waals surface area contributed by atoms with Crippen molar-refractivity contribution in [1.82, 2.24) is 10.2 Å². The van der Waals surface area contributed by atoms with Crippen molar-refractivity contribution >= 4 is 11.6 Å². The molecule has 0 unspecified atom stereocenters. The van der Waals surface area contributed by atoms with Crippen molar-refractivity contribution < 1.29 is 0 Å². The summed E-state index contributed by atoms with van der Waals surface area (Å²) < 4.78 is 0. The maximum absolute atomic E-state index is 11.0. The molecule has 0 bridgehead atoms. The van der Waals surface area contributed by atoms with E-state index < -0.39 is 0 Å².